The van der Waals surface area contributed by atoms with Crippen molar-refractivity contribution in [2.45, 2.75) is 59.0 Å². The molecule has 6 heteroatoms. The molecule has 1 aliphatic heterocycles. The molecule has 2 heterocycles. The Hall–Kier alpha value is -2.37. The van der Waals surface area contributed by atoms with Crippen molar-refractivity contribution in [2.75, 3.05) is 13.6 Å². The van der Waals surface area contributed by atoms with E-state index in [-0.39, 0.29) is 0 Å². The van der Waals surface area contributed by atoms with Crippen LogP contribution in [-0.4, -0.2) is 40.4 Å². The van der Waals surface area contributed by atoms with Crippen LogP contribution in [-0.2, 0) is 25.8 Å². The maximum absolute atomic E-state index is 4.58. The van der Waals surface area contributed by atoms with Gasteiger partial charge in [0.15, 0.2) is 11.8 Å². The zero-order valence-corrected chi connectivity index (χ0v) is 16.3. The second-order valence-electron chi connectivity index (χ2n) is 7.10. The lowest BCUT2D eigenvalue weighted by molar-refractivity contribution is 0.392. The summed E-state index contributed by atoms with van der Waals surface area (Å²) in [5, 5.41) is 11.5. The van der Waals surface area contributed by atoms with Crippen LogP contribution in [0.25, 0.3) is 0 Å². The molecule has 0 fully saturated rings. The Balaban J connectivity index is 1.50. The molecule has 26 heavy (non-hydrogen) atoms. The summed E-state index contributed by atoms with van der Waals surface area (Å²) in [6.07, 6.45) is 3.89. The van der Waals surface area contributed by atoms with Gasteiger partial charge in [0.05, 0.1) is 6.54 Å². The van der Waals surface area contributed by atoms with Crippen LogP contribution in [0.5, 0.6) is 0 Å². The number of hydrogen-bond acceptors (Lipinski definition) is 3. The molecule has 1 atom stereocenters. The highest BCUT2D eigenvalue weighted by Gasteiger charge is 2.21. The van der Waals surface area contributed by atoms with E-state index >= 15 is 0 Å². The first-order valence-corrected chi connectivity index (χ1v) is 9.54. The number of rotatable bonds is 5. The SMILES string of the molecule is CCc1nc2n(n1)CC(NC(=NC)NCCc1cc(C)cc(C)c1)CC2. The second-order valence-corrected chi connectivity index (χ2v) is 7.10. The van der Waals surface area contributed by atoms with Crippen LogP contribution in [0.3, 0.4) is 0 Å². The van der Waals surface area contributed by atoms with Gasteiger partial charge in [-0.05, 0) is 32.3 Å². The van der Waals surface area contributed by atoms with Gasteiger partial charge in [0.25, 0.3) is 0 Å². The Bertz CT molecular complexity index is 756. The van der Waals surface area contributed by atoms with Crippen LogP contribution in [0.4, 0.5) is 0 Å². The molecule has 2 aromatic rings. The number of nitrogens with zero attached hydrogens (tertiary/aromatic N) is 4. The molecule has 1 aromatic carbocycles. The summed E-state index contributed by atoms with van der Waals surface area (Å²) in [6, 6.07) is 7.05. The molecule has 1 aromatic heterocycles. The van der Waals surface area contributed by atoms with Crippen LogP contribution in [0.2, 0.25) is 0 Å². The molecular formula is C20H30N6. The van der Waals surface area contributed by atoms with Crippen molar-refractivity contribution in [3.05, 3.63) is 46.5 Å². The summed E-state index contributed by atoms with van der Waals surface area (Å²) in [5.41, 5.74) is 4.00. The van der Waals surface area contributed by atoms with Gasteiger partial charge in [0, 0.05) is 32.5 Å². The van der Waals surface area contributed by atoms with Crippen molar-refractivity contribution < 1.29 is 0 Å². The molecule has 0 radical (unpaired) electrons. The quantitative estimate of drug-likeness (QED) is 0.638. The van der Waals surface area contributed by atoms with E-state index in [9.17, 15) is 0 Å². The summed E-state index contributed by atoms with van der Waals surface area (Å²) < 4.78 is 2.04. The molecule has 1 unspecified atom stereocenters. The van der Waals surface area contributed by atoms with Gasteiger partial charge in [0.2, 0.25) is 0 Å². The molecule has 0 spiro atoms. The summed E-state index contributed by atoms with van der Waals surface area (Å²) >= 11 is 0. The Morgan fingerprint density at radius 1 is 1.27 bits per heavy atom. The van der Waals surface area contributed by atoms with E-state index in [0.717, 1.165) is 56.4 Å². The van der Waals surface area contributed by atoms with Crippen LogP contribution < -0.4 is 10.6 Å². The molecule has 0 aliphatic carbocycles. The molecule has 6 nitrogen and oxygen atoms in total. The minimum Gasteiger partial charge on any atom is -0.356 e. The Morgan fingerprint density at radius 2 is 2.04 bits per heavy atom. The average Bonchev–Trinajstić information content (AvgIpc) is 3.02. The van der Waals surface area contributed by atoms with E-state index in [0.29, 0.717) is 6.04 Å². The zero-order valence-electron chi connectivity index (χ0n) is 16.3. The Morgan fingerprint density at radius 3 is 2.73 bits per heavy atom. The van der Waals surface area contributed by atoms with Crippen molar-refractivity contribution in [3.63, 3.8) is 0 Å². The zero-order chi connectivity index (χ0) is 18.5. The molecule has 0 amide bonds. The van der Waals surface area contributed by atoms with Gasteiger partial charge in [-0.25, -0.2) is 9.67 Å². The fourth-order valence-corrected chi connectivity index (χ4v) is 3.55. The number of guanidine groups is 1. The maximum Gasteiger partial charge on any atom is 0.191 e. The van der Waals surface area contributed by atoms with Crippen LogP contribution in [0, 0.1) is 13.8 Å². The minimum absolute atomic E-state index is 0.335. The molecule has 140 valence electrons. The molecule has 1 aliphatic rings. The third kappa shape index (κ3) is 4.62. The largest absolute Gasteiger partial charge is 0.356 e. The van der Waals surface area contributed by atoms with Gasteiger partial charge in [0.1, 0.15) is 5.82 Å². The van der Waals surface area contributed by atoms with E-state index < -0.39 is 0 Å². The first kappa shape index (κ1) is 18.4. The third-order valence-electron chi connectivity index (χ3n) is 4.77. The van der Waals surface area contributed by atoms with E-state index in [4.69, 9.17) is 0 Å². The second kappa shape index (κ2) is 8.34. The summed E-state index contributed by atoms with van der Waals surface area (Å²) in [7, 11) is 1.82. The van der Waals surface area contributed by atoms with E-state index in [1.807, 2.05) is 11.7 Å². The van der Waals surface area contributed by atoms with E-state index in [1.165, 1.54) is 16.7 Å². The van der Waals surface area contributed by atoms with Crippen LogP contribution in [0.15, 0.2) is 23.2 Å². The smallest absolute Gasteiger partial charge is 0.191 e. The minimum atomic E-state index is 0.335. The molecule has 3 rings (SSSR count). The Labute approximate surface area is 156 Å². The van der Waals surface area contributed by atoms with Gasteiger partial charge < -0.3 is 10.6 Å². The average molecular weight is 355 g/mol. The number of fused-ring (bicyclic) bond motifs is 1. The molecule has 2 N–H and O–H groups in total. The van der Waals surface area contributed by atoms with Crippen molar-refractivity contribution in [3.8, 4) is 0 Å². The summed E-state index contributed by atoms with van der Waals surface area (Å²) in [6.45, 7) is 8.11. The highest BCUT2D eigenvalue weighted by molar-refractivity contribution is 5.79. The third-order valence-corrected chi connectivity index (χ3v) is 4.77. The van der Waals surface area contributed by atoms with E-state index in [1.54, 1.807) is 0 Å². The number of aromatic nitrogens is 3. The predicted molar refractivity (Wildman–Crippen MR) is 106 cm³/mol. The number of hydrogen-bond donors (Lipinski definition) is 2. The summed E-state index contributed by atoms with van der Waals surface area (Å²) in [4.78, 5) is 8.95. The van der Waals surface area contributed by atoms with Gasteiger partial charge in [-0.1, -0.05) is 36.2 Å². The molecule has 0 saturated heterocycles. The van der Waals surface area contributed by atoms with Gasteiger partial charge in [-0.15, -0.1) is 0 Å². The number of aryl methyl sites for hydroxylation is 4. The Kier molecular flexibility index (Phi) is 5.91. The van der Waals surface area contributed by atoms with Crippen LogP contribution in [0.1, 0.15) is 41.7 Å². The number of benzene rings is 1. The highest BCUT2D eigenvalue weighted by Crippen LogP contribution is 2.13. The lowest BCUT2D eigenvalue weighted by atomic mass is 10.1. The van der Waals surface area contributed by atoms with Crippen molar-refractivity contribution in [2.24, 2.45) is 4.99 Å². The number of nitrogens with one attached hydrogen (secondary N) is 2. The van der Waals surface area contributed by atoms with Crippen LogP contribution >= 0.6 is 0 Å². The standard InChI is InChI=1S/C20H30N6/c1-5-18-24-19-7-6-17(13-26(19)25-18)23-20(21-4)22-9-8-16-11-14(2)10-15(3)12-16/h10-12,17H,5-9,13H2,1-4H3,(H2,21,22,23). The first-order valence-electron chi connectivity index (χ1n) is 9.54. The summed E-state index contributed by atoms with van der Waals surface area (Å²) in [5.74, 6) is 2.91. The van der Waals surface area contributed by atoms with Gasteiger partial charge in [-0.2, -0.15) is 5.10 Å². The van der Waals surface area contributed by atoms with Crippen molar-refractivity contribution in [1.29, 1.82) is 0 Å². The lowest BCUT2D eigenvalue weighted by Crippen LogP contribution is -2.47. The predicted octanol–water partition coefficient (Wildman–Crippen LogP) is 2.18. The van der Waals surface area contributed by atoms with Gasteiger partial charge in [-0.3, -0.25) is 4.99 Å². The fraction of sp³-hybridized carbons (Fsp3) is 0.550. The topological polar surface area (TPSA) is 67.1 Å². The first-order chi connectivity index (χ1) is 12.6. The maximum atomic E-state index is 4.58. The fourth-order valence-electron chi connectivity index (χ4n) is 3.55. The molecule has 0 bridgehead atoms. The number of aliphatic imine (C=N–C) groups is 1. The molecular weight excluding hydrogens is 324 g/mol. The monoisotopic (exact) mass is 354 g/mol. The van der Waals surface area contributed by atoms with Crippen molar-refractivity contribution >= 4 is 5.96 Å². The van der Waals surface area contributed by atoms with Gasteiger partial charge >= 0.3 is 0 Å². The normalized spacial score (nSPS) is 17.1. The lowest BCUT2D eigenvalue weighted by Gasteiger charge is -2.25. The molecule has 0 saturated carbocycles. The highest BCUT2D eigenvalue weighted by atomic mass is 15.4. The van der Waals surface area contributed by atoms with Crippen molar-refractivity contribution in [1.82, 2.24) is 25.4 Å². The van der Waals surface area contributed by atoms with E-state index in [2.05, 4.69) is 64.7 Å².